The number of hydrogen-bond donors (Lipinski definition) is 0. The molecule has 3 aromatic rings. The van der Waals surface area contributed by atoms with Crippen LogP contribution in [0.3, 0.4) is 0 Å². The molecule has 0 saturated heterocycles. The second-order valence-corrected chi connectivity index (χ2v) is 6.57. The topological polar surface area (TPSA) is 0 Å². The Hall–Kier alpha value is -2.86. The zero-order chi connectivity index (χ0) is 18.2. The van der Waals surface area contributed by atoms with Crippen molar-refractivity contribution in [2.45, 2.75) is 25.7 Å². The molecular weight excluding hydrogens is 312 g/mol. The van der Waals surface area contributed by atoms with E-state index in [1.165, 1.54) is 33.4 Å². The first-order valence-corrected chi connectivity index (χ1v) is 9.29. The van der Waals surface area contributed by atoms with Crippen molar-refractivity contribution in [3.8, 4) is 0 Å². The van der Waals surface area contributed by atoms with Crippen molar-refractivity contribution in [2.75, 3.05) is 0 Å². The molecule has 0 N–H and O–H groups in total. The van der Waals surface area contributed by atoms with E-state index in [9.17, 15) is 0 Å². The van der Waals surface area contributed by atoms with Gasteiger partial charge in [0.1, 0.15) is 0 Å². The second-order valence-electron chi connectivity index (χ2n) is 6.57. The van der Waals surface area contributed by atoms with E-state index in [1.807, 2.05) is 12.2 Å². The van der Waals surface area contributed by atoms with Crippen LogP contribution in [-0.2, 0) is 25.7 Å². The molecule has 3 rings (SSSR count). The third-order valence-corrected chi connectivity index (χ3v) is 5.00. The Labute approximate surface area is 157 Å². The molecule has 130 valence electrons. The van der Waals surface area contributed by atoms with Gasteiger partial charge in [0.15, 0.2) is 0 Å². The number of aryl methyl sites for hydroxylation is 4. The van der Waals surface area contributed by atoms with Crippen molar-refractivity contribution in [1.29, 1.82) is 0 Å². The Bertz CT molecular complexity index is 811. The first kappa shape index (κ1) is 17.9. The van der Waals surface area contributed by atoms with Gasteiger partial charge in [0.25, 0.3) is 0 Å². The van der Waals surface area contributed by atoms with Crippen LogP contribution in [0, 0.1) is 0 Å². The highest BCUT2D eigenvalue weighted by molar-refractivity contribution is 5.52. The van der Waals surface area contributed by atoms with E-state index in [0.717, 1.165) is 25.7 Å². The lowest BCUT2D eigenvalue weighted by atomic mass is 9.93. The summed E-state index contributed by atoms with van der Waals surface area (Å²) in [6.07, 6.45) is 8.11. The summed E-state index contributed by atoms with van der Waals surface area (Å²) >= 11 is 0. The Morgan fingerprint density at radius 3 is 1.15 bits per heavy atom. The second kappa shape index (κ2) is 9.01. The van der Waals surface area contributed by atoms with Crippen LogP contribution >= 0.6 is 0 Å². The van der Waals surface area contributed by atoms with Crippen LogP contribution in [-0.4, -0.2) is 0 Å². The highest BCUT2D eigenvalue weighted by atomic mass is 14.1. The van der Waals surface area contributed by atoms with Crippen LogP contribution in [0.5, 0.6) is 0 Å². The van der Waals surface area contributed by atoms with Crippen molar-refractivity contribution in [1.82, 2.24) is 0 Å². The van der Waals surface area contributed by atoms with Gasteiger partial charge in [-0.1, -0.05) is 98.1 Å². The molecule has 0 nitrogen and oxygen atoms in total. The third kappa shape index (κ3) is 4.40. The van der Waals surface area contributed by atoms with Crippen LogP contribution in [0.4, 0.5) is 0 Å². The maximum Gasteiger partial charge on any atom is -0.0230 e. The Morgan fingerprint density at radius 2 is 0.769 bits per heavy atom. The Morgan fingerprint density at radius 1 is 0.462 bits per heavy atom. The predicted octanol–water partition coefficient (Wildman–Crippen LogP) is 6.54. The normalized spacial score (nSPS) is 10.5. The largest absolute Gasteiger partial charge is 0.0985 e. The van der Waals surface area contributed by atoms with E-state index < -0.39 is 0 Å². The average molecular weight is 338 g/mol. The molecule has 0 aliphatic carbocycles. The summed E-state index contributed by atoms with van der Waals surface area (Å²) in [6, 6.07) is 25.9. The molecule has 0 atom stereocenters. The van der Waals surface area contributed by atoms with Gasteiger partial charge in [-0.25, -0.2) is 0 Å². The lowest BCUT2D eigenvalue weighted by Crippen LogP contribution is -2.01. The van der Waals surface area contributed by atoms with Crippen molar-refractivity contribution < 1.29 is 0 Å². The van der Waals surface area contributed by atoms with E-state index in [2.05, 4.69) is 86.0 Å². The molecule has 0 bridgehead atoms. The van der Waals surface area contributed by atoms with Crippen LogP contribution < -0.4 is 0 Å². The summed E-state index contributed by atoms with van der Waals surface area (Å²) < 4.78 is 0. The minimum absolute atomic E-state index is 1.04. The summed E-state index contributed by atoms with van der Waals surface area (Å²) in [5, 5.41) is 0. The summed E-state index contributed by atoms with van der Waals surface area (Å²) in [4.78, 5) is 0. The number of hydrogen-bond acceptors (Lipinski definition) is 0. The molecule has 0 aromatic heterocycles. The van der Waals surface area contributed by atoms with Gasteiger partial charge in [-0.2, -0.15) is 0 Å². The predicted molar refractivity (Wildman–Crippen MR) is 114 cm³/mol. The molecule has 0 radical (unpaired) electrons. The Balaban J connectivity index is 1.72. The van der Waals surface area contributed by atoms with E-state index >= 15 is 0 Å². The highest BCUT2D eigenvalue weighted by Crippen LogP contribution is 2.19. The van der Waals surface area contributed by atoms with Gasteiger partial charge in [-0.15, -0.1) is 0 Å². The smallest absolute Gasteiger partial charge is 0.0230 e. The van der Waals surface area contributed by atoms with Crippen LogP contribution in [0.1, 0.15) is 33.4 Å². The van der Waals surface area contributed by atoms with Gasteiger partial charge in [0.2, 0.25) is 0 Å². The van der Waals surface area contributed by atoms with Gasteiger partial charge in [-0.05, 0) is 59.1 Å². The molecule has 0 spiro atoms. The van der Waals surface area contributed by atoms with Crippen LogP contribution in [0.25, 0.3) is 12.2 Å². The van der Waals surface area contributed by atoms with Crippen LogP contribution in [0.2, 0.25) is 0 Å². The SMILES string of the molecule is C=Cc1ccccc1CCc1ccccc1CCc1ccccc1C=C. The maximum absolute atomic E-state index is 3.94. The van der Waals surface area contributed by atoms with E-state index in [-0.39, 0.29) is 0 Å². The molecule has 0 unspecified atom stereocenters. The minimum atomic E-state index is 1.04. The molecule has 26 heavy (non-hydrogen) atoms. The summed E-state index contributed by atoms with van der Waals surface area (Å²) in [7, 11) is 0. The molecule has 0 aliphatic rings. The van der Waals surface area contributed by atoms with Gasteiger partial charge in [0.05, 0.1) is 0 Å². The molecule has 0 aliphatic heterocycles. The quantitative estimate of drug-likeness (QED) is 0.437. The zero-order valence-corrected chi connectivity index (χ0v) is 15.3. The lowest BCUT2D eigenvalue weighted by molar-refractivity contribution is 0.892. The highest BCUT2D eigenvalue weighted by Gasteiger charge is 2.06. The maximum atomic E-state index is 3.94. The molecule has 0 amide bonds. The first-order chi connectivity index (χ1) is 12.8. The fourth-order valence-corrected chi connectivity index (χ4v) is 3.51. The summed E-state index contributed by atoms with van der Waals surface area (Å²) in [6.45, 7) is 7.87. The zero-order valence-electron chi connectivity index (χ0n) is 15.3. The fraction of sp³-hybridized carbons (Fsp3) is 0.154. The van der Waals surface area contributed by atoms with E-state index in [0.29, 0.717) is 0 Å². The fourth-order valence-electron chi connectivity index (χ4n) is 3.51. The minimum Gasteiger partial charge on any atom is -0.0985 e. The number of benzene rings is 3. The molecule has 0 heterocycles. The first-order valence-electron chi connectivity index (χ1n) is 9.29. The lowest BCUT2D eigenvalue weighted by Gasteiger charge is -2.12. The van der Waals surface area contributed by atoms with Crippen molar-refractivity contribution >= 4 is 12.2 Å². The van der Waals surface area contributed by atoms with Gasteiger partial charge >= 0.3 is 0 Å². The van der Waals surface area contributed by atoms with Crippen molar-refractivity contribution in [2.24, 2.45) is 0 Å². The van der Waals surface area contributed by atoms with Gasteiger partial charge in [0, 0.05) is 0 Å². The average Bonchev–Trinajstić information content (AvgIpc) is 2.71. The summed E-state index contributed by atoms with van der Waals surface area (Å²) in [5.74, 6) is 0. The van der Waals surface area contributed by atoms with E-state index in [4.69, 9.17) is 0 Å². The molecular formula is C26H26. The molecule has 3 aromatic carbocycles. The van der Waals surface area contributed by atoms with Gasteiger partial charge in [-0.3, -0.25) is 0 Å². The van der Waals surface area contributed by atoms with Crippen molar-refractivity contribution in [3.05, 3.63) is 119 Å². The number of rotatable bonds is 8. The Kier molecular flexibility index (Phi) is 6.22. The molecule has 0 fully saturated rings. The molecule has 0 heteroatoms. The van der Waals surface area contributed by atoms with Crippen LogP contribution in [0.15, 0.2) is 86.0 Å². The molecule has 0 saturated carbocycles. The summed E-state index contributed by atoms with van der Waals surface area (Å²) in [5.41, 5.74) is 8.11. The monoisotopic (exact) mass is 338 g/mol. The standard InChI is InChI=1S/C26H26/c1-3-21-11-5-7-13-23(21)17-19-25-15-9-10-16-26(25)20-18-24-14-8-6-12-22(24)4-2/h3-16H,1-2,17-20H2. The van der Waals surface area contributed by atoms with Gasteiger partial charge < -0.3 is 0 Å². The van der Waals surface area contributed by atoms with E-state index in [1.54, 1.807) is 0 Å². The van der Waals surface area contributed by atoms with Crippen molar-refractivity contribution in [3.63, 3.8) is 0 Å². The third-order valence-electron chi connectivity index (χ3n) is 5.00.